The molecule has 3 aromatic rings. The van der Waals surface area contributed by atoms with Crippen LogP contribution in [0, 0.1) is 0 Å². The van der Waals surface area contributed by atoms with Gasteiger partial charge in [-0.05, 0) is 61.9 Å². The number of aromatic nitrogens is 2. The molecule has 7 heteroatoms. The van der Waals surface area contributed by atoms with Gasteiger partial charge in [-0.2, -0.15) is 0 Å². The SMILES string of the molecule is CCCCOC(=O)c1ccc(Nc2ncnc3sc4c(c23)CCCC4)cc1.Cl. The van der Waals surface area contributed by atoms with E-state index in [4.69, 9.17) is 4.74 Å². The quantitative estimate of drug-likeness (QED) is 0.412. The van der Waals surface area contributed by atoms with E-state index < -0.39 is 0 Å². The Morgan fingerprint density at radius 2 is 1.96 bits per heavy atom. The normalized spacial score (nSPS) is 12.9. The van der Waals surface area contributed by atoms with Gasteiger partial charge in [-0.25, -0.2) is 14.8 Å². The van der Waals surface area contributed by atoms with Crippen molar-refractivity contribution in [2.24, 2.45) is 0 Å². The molecule has 0 saturated carbocycles. The molecule has 0 spiro atoms. The second-order valence-corrected chi connectivity index (χ2v) is 7.89. The number of hydrogen-bond acceptors (Lipinski definition) is 6. The Hall–Kier alpha value is -2.18. The summed E-state index contributed by atoms with van der Waals surface area (Å²) >= 11 is 1.79. The maximum Gasteiger partial charge on any atom is 0.338 e. The highest BCUT2D eigenvalue weighted by Crippen LogP contribution is 2.38. The number of carbonyl (C=O) groups is 1. The largest absolute Gasteiger partial charge is 0.462 e. The molecular weight excluding hydrogens is 394 g/mol. The molecule has 0 fully saturated rings. The zero-order valence-corrected chi connectivity index (χ0v) is 17.5. The summed E-state index contributed by atoms with van der Waals surface area (Å²) in [6.45, 7) is 2.54. The van der Waals surface area contributed by atoms with Gasteiger partial charge in [-0.15, -0.1) is 23.7 Å². The van der Waals surface area contributed by atoms with E-state index in [-0.39, 0.29) is 18.4 Å². The summed E-state index contributed by atoms with van der Waals surface area (Å²) in [4.78, 5) is 23.5. The molecule has 2 aromatic heterocycles. The molecule has 0 bridgehead atoms. The maximum absolute atomic E-state index is 12.0. The van der Waals surface area contributed by atoms with Gasteiger partial charge >= 0.3 is 5.97 Å². The number of unbranched alkanes of at least 4 members (excludes halogenated alkanes) is 1. The fourth-order valence-corrected chi connectivity index (χ4v) is 4.63. The van der Waals surface area contributed by atoms with Gasteiger partial charge in [-0.1, -0.05) is 13.3 Å². The number of halogens is 1. The lowest BCUT2D eigenvalue weighted by molar-refractivity contribution is 0.0500. The second-order valence-electron chi connectivity index (χ2n) is 6.81. The van der Waals surface area contributed by atoms with Crippen molar-refractivity contribution in [3.05, 3.63) is 46.6 Å². The van der Waals surface area contributed by atoms with Gasteiger partial charge in [0.1, 0.15) is 17.0 Å². The first-order valence-electron chi connectivity index (χ1n) is 9.55. The fraction of sp³-hybridized carbons (Fsp3) is 0.381. The summed E-state index contributed by atoms with van der Waals surface area (Å²) in [6, 6.07) is 7.36. The monoisotopic (exact) mass is 417 g/mol. The van der Waals surface area contributed by atoms with Crippen molar-refractivity contribution < 1.29 is 9.53 Å². The minimum Gasteiger partial charge on any atom is -0.462 e. The zero-order chi connectivity index (χ0) is 18.6. The van der Waals surface area contributed by atoms with Gasteiger partial charge in [0.25, 0.3) is 0 Å². The summed E-state index contributed by atoms with van der Waals surface area (Å²) in [5.41, 5.74) is 2.87. The van der Waals surface area contributed by atoms with Crippen molar-refractivity contribution >= 4 is 51.4 Å². The topological polar surface area (TPSA) is 64.1 Å². The van der Waals surface area contributed by atoms with Crippen LogP contribution in [0.3, 0.4) is 0 Å². The highest BCUT2D eigenvalue weighted by molar-refractivity contribution is 7.19. The first-order valence-corrected chi connectivity index (χ1v) is 10.4. The van der Waals surface area contributed by atoms with E-state index in [2.05, 4.69) is 22.2 Å². The Bertz CT molecular complexity index is 956. The summed E-state index contributed by atoms with van der Waals surface area (Å²) in [6.07, 6.45) is 8.24. The smallest absolute Gasteiger partial charge is 0.338 e. The third-order valence-corrected chi connectivity index (χ3v) is 6.07. The van der Waals surface area contributed by atoms with Gasteiger partial charge < -0.3 is 10.1 Å². The van der Waals surface area contributed by atoms with E-state index in [0.29, 0.717) is 12.2 Å². The van der Waals surface area contributed by atoms with Crippen LogP contribution in [0.5, 0.6) is 0 Å². The molecule has 4 rings (SSSR count). The van der Waals surface area contributed by atoms with Gasteiger partial charge in [-0.3, -0.25) is 0 Å². The first-order chi connectivity index (χ1) is 13.3. The lowest BCUT2D eigenvalue weighted by Crippen LogP contribution is -2.06. The van der Waals surface area contributed by atoms with Gasteiger partial charge in [0.15, 0.2) is 0 Å². The number of carbonyl (C=O) groups excluding carboxylic acids is 1. The predicted molar refractivity (Wildman–Crippen MR) is 116 cm³/mol. The van der Waals surface area contributed by atoms with E-state index in [1.54, 1.807) is 29.8 Å². The van der Waals surface area contributed by atoms with Gasteiger partial charge in [0.2, 0.25) is 0 Å². The molecule has 0 radical (unpaired) electrons. The number of nitrogens with zero attached hydrogens (tertiary/aromatic N) is 2. The lowest BCUT2D eigenvalue weighted by Gasteiger charge is -2.12. The average Bonchev–Trinajstić information content (AvgIpc) is 3.08. The molecule has 1 aliphatic rings. The number of ether oxygens (including phenoxy) is 1. The van der Waals surface area contributed by atoms with E-state index in [0.717, 1.165) is 47.4 Å². The molecule has 0 atom stereocenters. The van der Waals surface area contributed by atoms with Crippen LogP contribution in [-0.4, -0.2) is 22.5 Å². The predicted octanol–water partition coefficient (Wildman–Crippen LogP) is 5.69. The summed E-state index contributed by atoms with van der Waals surface area (Å²) < 4.78 is 5.26. The Labute approximate surface area is 175 Å². The zero-order valence-electron chi connectivity index (χ0n) is 15.9. The Morgan fingerprint density at radius 3 is 2.75 bits per heavy atom. The third-order valence-electron chi connectivity index (χ3n) is 4.87. The van der Waals surface area contributed by atoms with Gasteiger partial charge in [0, 0.05) is 10.6 Å². The van der Waals surface area contributed by atoms with Crippen molar-refractivity contribution in [2.45, 2.75) is 45.4 Å². The van der Waals surface area contributed by atoms with Crippen LogP contribution in [0.4, 0.5) is 11.5 Å². The molecule has 0 unspecified atom stereocenters. The number of nitrogens with one attached hydrogen (secondary N) is 1. The molecule has 1 aromatic carbocycles. The third kappa shape index (κ3) is 4.28. The van der Waals surface area contributed by atoms with Crippen LogP contribution in [0.15, 0.2) is 30.6 Å². The lowest BCUT2D eigenvalue weighted by atomic mass is 9.97. The highest BCUT2D eigenvalue weighted by Gasteiger charge is 2.20. The maximum atomic E-state index is 12.0. The van der Waals surface area contributed by atoms with Crippen molar-refractivity contribution in [2.75, 3.05) is 11.9 Å². The van der Waals surface area contributed by atoms with E-state index in [1.165, 1.54) is 23.3 Å². The number of thiophene rings is 1. The average molecular weight is 418 g/mol. The highest BCUT2D eigenvalue weighted by atomic mass is 35.5. The molecule has 0 amide bonds. The second kappa shape index (κ2) is 9.34. The van der Waals surface area contributed by atoms with Crippen molar-refractivity contribution in [3.8, 4) is 0 Å². The van der Waals surface area contributed by atoms with Crippen molar-refractivity contribution in [3.63, 3.8) is 0 Å². The molecule has 0 saturated heterocycles. The van der Waals surface area contributed by atoms with Crippen LogP contribution in [0.25, 0.3) is 10.2 Å². The molecule has 1 aliphatic carbocycles. The molecular formula is C21H24ClN3O2S. The number of rotatable bonds is 6. The van der Waals surface area contributed by atoms with Crippen LogP contribution < -0.4 is 5.32 Å². The summed E-state index contributed by atoms with van der Waals surface area (Å²) in [7, 11) is 0. The summed E-state index contributed by atoms with van der Waals surface area (Å²) in [5, 5.41) is 4.56. The molecule has 1 N–H and O–H groups in total. The Kier molecular flexibility index (Phi) is 6.86. The number of benzene rings is 1. The Balaban J connectivity index is 0.00000225. The minimum absolute atomic E-state index is 0. The van der Waals surface area contributed by atoms with Crippen LogP contribution in [0.1, 0.15) is 53.4 Å². The number of esters is 1. The molecule has 28 heavy (non-hydrogen) atoms. The van der Waals surface area contributed by atoms with Crippen LogP contribution in [0.2, 0.25) is 0 Å². The van der Waals surface area contributed by atoms with Crippen LogP contribution in [-0.2, 0) is 17.6 Å². The van der Waals surface area contributed by atoms with Crippen molar-refractivity contribution in [1.82, 2.24) is 9.97 Å². The molecule has 148 valence electrons. The molecule has 2 heterocycles. The van der Waals surface area contributed by atoms with E-state index in [9.17, 15) is 4.79 Å². The number of aryl methyl sites for hydroxylation is 2. The molecule has 0 aliphatic heterocycles. The van der Waals surface area contributed by atoms with E-state index >= 15 is 0 Å². The number of fused-ring (bicyclic) bond motifs is 3. The fourth-order valence-electron chi connectivity index (χ4n) is 3.40. The standard InChI is InChI=1S/C21H23N3O2S.ClH/c1-2-3-12-26-21(25)14-8-10-15(11-9-14)24-19-18-16-6-4-5-7-17(16)27-20(18)23-13-22-19;/h8-11,13H,2-7,12H2,1H3,(H,22,23,24);1H. The minimum atomic E-state index is -0.272. The van der Waals surface area contributed by atoms with Crippen LogP contribution >= 0.6 is 23.7 Å². The van der Waals surface area contributed by atoms with Gasteiger partial charge in [0.05, 0.1) is 17.6 Å². The number of hydrogen-bond donors (Lipinski definition) is 1. The van der Waals surface area contributed by atoms with Crippen molar-refractivity contribution in [1.29, 1.82) is 0 Å². The number of anilines is 2. The first kappa shape index (κ1) is 20.6. The Morgan fingerprint density at radius 1 is 1.18 bits per heavy atom. The summed E-state index contributed by atoms with van der Waals surface area (Å²) in [5.74, 6) is 0.573. The molecule has 5 nitrogen and oxygen atoms in total. The van der Waals surface area contributed by atoms with E-state index in [1.807, 2.05) is 12.1 Å².